The zero-order valence-electron chi connectivity index (χ0n) is 12.9. The standard InChI is InChI=1S/C19H12ClF2N3/c20-19(21,22)15-11-16(13-7-3-1-4-8-13)24-18-17(15)23-12-25(18)14-9-5-2-6-10-14/h1-12H. The molecule has 124 valence electrons. The molecule has 0 N–H and O–H groups in total. The van der Waals surface area contributed by atoms with Gasteiger partial charge >= 0.3 is 5.38 Å². The molecule has 0 aliphatic heterocycles. The summed E-state index contributed by atoms with van der Waals surface area (Å²) in [5.74, 6) is 0. The summed E-state index contributed by atoms with van der Waals surface area (Å²) in [4.78, 5) is 8.70. The van der Waals surface area contributed by atoms with Crippen LogP contribution in [0.5, 0.6) is 0 Å². The van der Waals surface area contributed by atoms with Gasteiger partial charge in [-0.25, -0.2) is 9.97 Å². The molecule has 2 heterocycles. The predicted octanol–water partition coefficient (Wildman–Crippen LogP) is 5.38. The van der Waals surface area contributed by atoms with Crippen molar-refractivity contribution in [1.82, 2.24) is 14.5 Å². The number of halogens is 3. The minimum absolute atomic E-state index is 0.0866. The smallest absolute Gasteiger partial charge is 0.283 e. The number of para-hydroxylation sites is 1. The Hall–Kier alpha value is -2.79. The van der Waals surface area contributed by atoms with Crippen LogP contribution in [0, 0.1) is 0 Å². The molecular formula is C19H12ClF2N3. The summed E-state index contributed by atoms with van der Waals surface area (Å²) in [7, 11) is 0. The second-order valence-electron chi connectivity index (χ2n) is 5.54. The normalized spacial score (nSPS) is 11.8. The highest BCUT2D eigenvalue weighted by Crippen LogP contribution is 2.38. The number of hydrogen-bond acceptors (Lipinski definition) is 2. The molecule has 0 bridgehead atoms. The number of imidazole rings is 1. The molecule has 3 nitrogen and oxygen atoms in total. The number of nitrogens with zero attached hydrogens (tertiary/aromatic N) is 3. The lowest BCUT2D eigenvalue weighted by atomic mass is 10.1. The molecule has 2 aromatic carbocycles. The molecule has 0 saturated heterocycles. The Morgan fingerprint density at radius 1 is 0.920 bits per heavy atom. The third-order valence-corrected chi connectivity index (χ3v) is 4.12. The van der Waals surface area contributed by atoms with Crippen LogP contribution in [0.2, 0.25) is 0 Å². The van der Waals surface area contributed by atoms with Gasteiger partial charge in [-0.3, -0.25) is 4.57 Å². The fourth-order valence-corrected chi connectivity index (χ4v) is 2.88. The maximum atomic E-state index is 14.0. The Morgan fingerprint density at radius 2 is 1.56 bits per heavy atom. The van der Waals surface area contributed by atoms with Gasteiger partial charge in [-0.1, -0.05) is 48.5 Å². The van der Waals surface area contributed by atoms with E-state index in [0.29, 0.717) is 11.3 Å². The van der Waals surface area contributed by atoms with Crippen LogP contribution < -0.4 is 0 Å². The second kappa shape index (κ2) is 5.93. The van der Waals surface area contributed by atoms with E-state index < -0.39 is 5.38 Å². The van der Waals surface area contributed by atoms with Crippen molar-refractivity contribution in [1.29, 1.82) is 0 Å². The molecule has 25 heavy (non-hydrogen) atoms. The first kappa shape index (κ1) is 15.7. The molecule has 0 atom stereocenters. The summed E-state index contributed by atoms with van der Waals surface area (Å²) in [5.41, 5.74) is 2.00. The Kier molecular flexibility index (Phi) is 3.73. The van der Waals surface area contributed by atoms with E-state index in [1.165, 1.54) is 12.4 Å². The monoisotopic (exact) mass is 355 g/mol. The van der Waals surface area contributed by atoms with Gasteiger partial charge in [0.15, 0.2) is 5.65 Å². The number of pyridine rings is 1. The highest BCUT2D eigenvalue weighted by atomic mass is 35.5. The number of fused-ring (bicyclic) bond motifs is 1. The SMILES string of the molecule is FC(F)(Cl)c1cc(-c2ccccc2)nc2c1ncn2-c1ccccc1. The van der Waals surface area contributed by atoms with Gasteiger partial charge in [0.2, 0.25) is 0 Å². The molecule has 4 aromatic rings. The lowest BCUT2D eigenvalue weighted by molar-refractivity contribution is 0.0966. The lowest BCUT2D eigenvalue weighted by Crippen LogP contribution is -2.06. The van der Waals surface area contributed by atoms with E-state index >= 15 is 0 Å². The number of benzene rings is 2. The maximum absolute atomic E-state index is 14.0. The predicted molar refractivity (Wildman–Crippen MR) is 94.0 cm³/mol. The van der Waals surface area contributed by atoms with Crippen LogP contribution in [0.4, 0.5) is 8.78 Å². The Balaban J connectivity index is 2.03. The van der Waals surface area contributed by atoms with E-state index in [2.05, 4.69) is 9.97 Å². The molecule has 0 radical (unpaired) electrons. The van der Waals surface area contributed by atoms with Crippen molar-refractivity contribution < 1.29 is 8.78 Å². The first-order valence-electron chi connectivity index (χ1n) is 7.60. The van der Waals surface area contributed by atoms with Gasteiger partial charge in [0.1, 0.15) is 11.8 Å². The van der Waals surface area contributed by atoms with Gasteiger partial charge in [-0.2, -0.15) is 8.78 Å². The van der Waals surface area contributed by atoms with Gasteiger partial charge in [-0.15, -0.1) is 0 Å². The van der Waals surface area contributed by atoms with Crippen LogP contribution in [0.25, 0.3) is 28.1 Å². The van der Waals surface area contributed by atoms with Crippen molar-refractivity contribution in [3.05, 3.63) is 78.6 Å². The third-order valence-electron chi connectivity index (χ3n) is 3.91. The molecule has 6 heteroatoms. The fraction of sp³-hybridized carbons (Fsp3) is 0.0526. The zero-order valence-corrected chi connectivity index (χ0v) is 13.7. The summed E-state index contributed by atoms with van der Waals surface area (Å²) < 4.78 is 29.6. The molecule has 2 aromatic heterocycles. The largest absolute Gasteiger partial charge is 0.350 e. The Labute approximate surface area is 147 Å². The van der Waals surface area contributed by atoms with Gasteiger partial charge < -0.3 is 0 Å². The first-order valence-corrected chi connectivity index (χ1v) is 7.98. The molecule has 0 saturated carbocycles. The van der Waals surface area contributed by atoms with Crippen LogP contribution in [0.1, 0.15) is 5.56 Å². The van der Waals surface area contributed by atoms with E-state index in [1.54, 1.807) is 4.57 Å². The first-order chi connectivity index (χ1) is 12.0. The topological polar surface area (TPSA) is 30.7 Å². The minimum atomic E-state index is -3.54. The van der Waals surface area contributed by atoms with Gasteiger partial charge in [0.25, 0.3) is 0 Å². The summed E-state index contributed by atoms with van der Waals surface area (Å²) >= 11 is 5.34. The van der Waals surface area contributed by atoms with Crippen molar-refractivity contribution in [2.45, 2.75) is 5.38 Å². The van der Waals surface area contributed by atoms with E-state index in [4.69, 9.17) is 11.6 Å². The number of rotatable bonds is 3. The molecule has 0 aliphatic carbocycles. The van der Waals surface area contributed by atoms with Crippen LogP contribution in [-0.2, 0) is 5.38 Å². The molecule has 0 aliphatic rings. The summed E-state index contributed by atoms with van der Waals surface area (Å²) in [6.07, 6.45) is 1.48. The Bertz CT molecular complexity index is 1030. The second-order valence-corrected chi connectivity index (χ2v) is 6.02. The molecular weight excluding hydrogens is 344 g/mol. The molecule has 4 rings (SSSR count). The Morgan fingerprint density at radius 3 is 2.20 bits per heavy atom. The zero-order chi connectivity index (χ0) is 17.4. The van der Waals surface area contributed by atoms with Crippen molar-refractivity contribution in [2.24, 2.45) is 0 Å². The number of hydrogen-bond donors (Lipinski definition) is 0. The third kappa shape index (κ3) is 2.87. The van der Waals surface area contributed by atoms with E-state index in [0.717, 1.165) is 11.3 Å². The van der Waals surface area contributed by atoms with Crippen LogP contribution in [0.15, 0.2) is 73.1 Å². The summed E-state index contributed by atoms with van der Waals surface area (Å²) in [6.45, 7) is 0. The number of alkyl halides is 3. The lowest BCUT2D eigenvalue weighted by Gasteiger charge is -2.12. The molecule has 0 unspecified atom stereocenters. The summed E-state index contributed by atoms with van der Waals surface area (Å²) in [5, 5.41) is -3.54. The van der Waals surface area contributed by atoms with Crippen molar-refractivity contribution >= 4 is 22.8 Å². The highest BCUT2D eigenvalue weighted by Gasteiger charge is 2.33. The van der Waals surface area contributed by atoms with Crippen LogP contribution >= 0.6 is 11.6 Å². The number of aromatic nitrogens is 3. The maximum Gasteiger partial charge on any atom is 0.350 e. The van der Waals surface area contributed by atoms with Gasteiger partial charge in [0.05, 0.1) is 11.3 Å². The van der Waals surface area contributed by atoms with Crippen LogP contribution in [-0.4, -0.2) is 14.5 Å². The van der Waals surface area contributed by atoms with Crippen molar-refractivity contribution in [3.8, 4) is 16.9 Å². The van der Waals surface area contributed by atoms with Gasteiger partial charge in [-0.05, 0) is 29.8 Å². The highest BCUT2D eigenvalue weighted by molar-refractivity contribution is 6.22. The van der Waals surface area contributed by atoms with Crippen LogP contribution in [0.3, 0.4) is 0 Å². The minimum Gasteiger partial charge on any atom is -0.283 e. The van der Waals surface area contributed by atoms with Crippen molar-refractivity contribution in [3.63, 3.8) is 0 Å². The van der Waals surface area contributed by atoms with E-state index in [1.807, 2.05) is 60.7 Å². The fourth-order valence-electron chi connectivity index (χ4n) is 2.74. The molecule has 0 fully saturated rings. The van der Waals surface area contributed by atoms with Crippen molar-refractivity contribution in [2.75, 3.05) is 0 Å². The average molecular weight is 356 g/mol. The average Bonchev–Trinajstić information content (AvgIpc) is 3.05. The molecule has 0 spiro atoms. The van der Waals surface area contributed by atoms with Gasteiger partial charge in [0, 0.05) is 11.3 Å². The van der Waals surface area contributed by atoms with E-state index in [9.17, 15) is 8.78 Å². The quantitative estimate of drug-likeness (QED) is 0.462. The molecule has 0 amide bonds. The van der Waals surface area contributed by atoms with E-state index in [-0.39, 0.29) is 11.1 Å². The summed E-state index contributed by atoms with van der Waals surface area (Å²) in [6, 6.07) is 19.7.